The number of hydrogen-bond acceptors (Lipinski definition) is 2. The zero-order chi connectivity index (χ0) is 12.6. The Kier molecular flexibility index (Phi) is 2.86. The molecule has 1 amide bonds. The number of fused-ring (bicyclic) bond motifs is 1. The molecule has 2 aliphatic carbocycles. The Labute approximate surface area is 108 Å². The van der Waals surface area contributed by atoms with E-state index >= 15 is 0 Å². The second kappa shape index (κ2) is 4.39. The lowest BCUT2D eigenvalue weighted by Crippen LogP contribution is -2.59. The van der Waals surface area contributed by atoms with E-state index in [1.807, 2.05) is 7.05 Å². The van der Waals surface area contributed by atoms with Crippen LogP contribution >= 0.6 is 0 Å². The van der Waals surface area contributed by atoms with Gasteiger partial charge in [-0.15, -0.1) is 0 Å². The van der Waals surface area contributed by atoms with E-state index in [2.05, 4.69) is 34.9 Å². The van der Waals surface area contributed by atoms with Gasteiger partial charge < -0.3 is 10.6 Å². The highest BCUT2D eigenvalue weighted by atomic mass is 16.2. The highest BCUT2D eigenvalue weighted by Crippen LogP contribution is 2.31. The number of rotatable bonds is 3. The normalized spacial score (nSPS) is 21.2. The van der Waals surface area contributed by atoms with E-state index in [0.717, 1.165) is 25.7 Å². The summed E-state index contributed by atoms with van der Waals surface area (Å²) in [5.41, 5.74) is 2.17. The smallest absolute Gasteiger partial charge is 0.241 e. The molecule has 0 aromatic heterocycles. The molecule has 1 aromatic carbocycles. The van der Waals surface area contributed by atoms with Crippen molar-refractivity contribution >= 4 is 5.91 Å². The van der Waals surface area contributed by atoms with Gasteiger partial charge in [-0.1, -0.05) is 24.3 Å². The van der Waals surface area contributed by atoms with E-state index in [9.17, 15) is 4.79 Å². The van der Waals surface area contributed by atoms with Crippen molar-refractivity contribution in [1.29, 1.82) is 0 Å². The van der Waals surface area contributed by atoms with Crippen molar-refractivity contribution in [1.82, 2.24) is 10.6 Å². The topological polar surface area (TPSA) is 41.1 Å². The minimum Gasteiger partial charge on any atom is -0.352 e. The Hall–Kier alpha value is -1.35. The first kappa shape index (κ1) is 11.7. The molecule has 1 aromatic rings. The minimum atomic E-state index is -0.431. The molecule has 0 heterocycles. The summed E-state index contributed by atoms with van der Waals surface area (Å²) in [7, 11) is 1.90. The van der Waals surface area contributed by atoms with E-state index < -0.39 is 5.54 Å². The highest BCUT2D eigenvalue weighted by Gasteiger charge is 2.43. The summed E-state index contributed by atoms with van der Waals surface area (Å²) < 4.78 is 0. The van der Waals surface area contributed by atoms with Crippen molar-refractivity contribution in [2.24, 2.45) is 0 Å². The standard InChI is InChI=1S/C15H20N2O/c1-16-15(14(18)17-13-7-4-8-13)9-11-5-2-3-6-12(11)10-15/h2-3,5-6,13,16H,4,7-10H2,1H3,(H,17,18). The molecule has 0 atom stereocenters. The van der Waals surface area contributed by atoms with Gasteiger partial charge in [-0.3, -0.25) is 4.79 Å². The second-order valence-electron chi connectivity index (χ2n) is 5.56. The maximum Gasteiger partial charge on any atom is 0.241 e. The summed E-state index contributed by atoms with van der Waals surface area (Å²) >= 11 is 0. The third kappa shape index (κ3) is 1.83. The summed E-state index contributed by atoms with van der Waals surface area (Å²) in [6.45, 7) is 0. The van der Waals surface area contributed by atoms with Gasteiger partial charge in [0.2, 0.25) is 5.91 Å². The van der Waals surface area contributed by atoms with Gasteiger partial charge in [0.05, 0.1) is 0 Å². The number of nitrogens with one attached hydrogen (secondary N) is 2. The third-order valence-corrected chi connectivity index (χ3v) is 4.46. The molecular formula is C15H20N2O. The van der Waals surface area contributed by atoms with Crippen LogP contribution in [0.5, 0.6) is 0 Å². The molecule has 0 saturated heterocycles. The molecule has 0 aliphatic heterocycles. The van der Waals surface area contributed by atoms with Crippen molar-refractivity contribution < 1.29 is 4.79 Å². The van der Waals surface area contributed by atoms with Crippen LogP contribution in [-0.2, 0) is 17.6 Å². The van der Waals surface area contributed by atoms with Gasteiger partial charge in [-0.25, -0.2) is 0 Å². The minimum absolute atomic E-state index is 0.172. The van der Waals surface area contributed by atoms with E-state index in [1.54, 1.807) is 0 Å². The van der Waals surface area contributed by atoms with Crippen LogP contribution in [0.2, 0.25) is 0 Å². The average molecular weight is 244 g/mol. The van der Waals surface area contributed by atoms with Gasteiger partial charge in [0, 0.05) is 18.9 Å². The lowest BCUT2D eigenvalue weighted by molar-refractivity contribution is -0.128. The van der Waals surface area contributed by atoms with E-state index in [4.69, 9.17) is 0 Å². The molecule has 0 radical (unpaired) electrons. The Morgan fingerprint density at radius 3 is 2.28 bits per heavy atom. The molecular weight excluding hydrogens is 224 g/mol. The first-order chi connectivity index (χ1) is 8.73. The maximum atomic E-state index is 12.5. The predicted molar refractivity (Wildman–Crippen MR) is 71.4 cm³/mol. The Bertz CT molecular complexity index is 440. The Balaban J connectivity index is 1.78. The summed E-state index contributed by atoms with van der Waals surface area (Å²) in [5, 5.41) is 6.45. The number of carbonyl (C=O) groups is 1. The molecule has 2 N–H and O–H groups in total. The summed E-state index contributed by atoms with van der Waals surface area (Å²) in [5.74, 6) is 0.172. The first-order valence-corrected chi connectivity index (χ1v) is 6.80. The van der Waals surface area contributed by atoms with Crippen LogP contribution in [0.25, 0.3) is 0 Å². The summed E-state index contributed by atoms with van der Waals surface area (Å²) in [6, 6.07) is 8.77. The summed E-state index contributed by atoms with van der Waals surface area (Å²) in [6.07, 6.45) is 5.13. The fourth-order valence-corrected chi connectivity index (χ4v) is 2.94. The molecule has 18 heavy (non-hydrogen) atoms. The molecule has 96 valence electrons. The molecule has 1 saturated carbocycles. The van der Waals surface area contributed by atoms with Gasteiger partial charge in [-0.05, 0) is 37.4 Å². The van der Waals surface area contributed by atoms with Crippen molar-refractivity contribution in [3.63, 3.8) is 0 Å². The molecule has 0 bridgehead atoms. The van der Waals surface area contributed by atoms with Gasteiger partial charge in [0.25, 0.3) is 0 Å². The zero-order valence-corrected chi connectivity index (χ0v) is 10.8. The van der Waals surface area contributed by atoms with Crippen molar-refractivity contribution in [3.05, 3.63) is 35.4 Å². The lowest BCUT2D eigenvalue weighted by Gasteiger charge is -2.33. The third-order valence-electron chi connectivity index (χ3n) is 4.46. The number of benzene rings is 1. The number of hydrogen-bond donors (Lipinski definition) is 2. The molecule has 0 spiro atoms. The molecule has 3 rings (SSSR count). The van der Waals surface area contributed by atoms with Crippen LogP contribution in [0.4, 0.5) is 0 Å². The van der Waals surface area contributed by atoms with Crippen LogP contribution in [0.3, 0.4) is 0 Å². The number of likely N-dealkylation sites (N-methyl/N-ethyl adjacent to an activating group) is 1. The number of amides is 1. The average Bonchev–Trinajstić information content (AvgIpc) is 2.73. The van der Waals surface area contributed by atoms with Crippen LogP contribution in [0, 0.1) is 0 Å². The Morgan fingerprint density at radius 2 is 1.83 bits per heavy atom. The molecule has 3 nitrogen and oxygen atoms in total. The molecule has 3 heteroatoms. The SMILES string of the molecule is CNC1(C(=O)NC2CCC2)Cc2ccccc2C1. The zero-order valence-electron chi connectivity index (χ0n) is 10.8. The fourth-order valence-electron chi connectivity index (χ4n) is 2.94. The van der Waals surface area contributed by atoms with Crippen molar-refractivity contribution in [2.45, 2.75) is 43.7 Å². The van der Waals surface area contributed by atoms with Crippen molar-refractivity contribution in [3.8, 4) is 0 Å². The van der Waals surface area contributed by atoms with Crippen LogP contribution in [-0.4, -0.2) is 24.5 Å². The molecule has 0 unspecified atom stereocenters. The predicted octanol–water partition coefficient (Wildman–Crippen LogP) is 1.41. The molecule has 2 aliphatic rings. The van der Waals surface area contributed by atoms with Gasteiger partial charge in [0.1, 0.15) is 5.54 Å². The Morgan fingerprint density at radius 1 is 1.22 bits per heavy atom. The largest absolute Gasteiger partial charge is 0.352 e. The van der Waals surface area contributed by atoms with E-state index in [1.165, 1.54) is 17.5 Å². The van der Waals surface area contributed by atoms with Gasteiger partial charge >= 0.3 is 0 Å². The van der Waals surface area contributed by atoms with Crippen LogP contribution in [0.15, 0.2) is 24.3 Å². The van der Waals surface area contributed by atoms with Gasteiger partial charge in [0.15, 0.2) is 0 Å². The number of carbonyl (C=O) groups excluding carboxylic acids is 1. The van der Waals surface area contributed by atoms with Crippen LogP contribution < -0.4 is 10.6 Å². The summed E-state index contributed by atoms with van der Waals surface area (Å²) in [4.78, 5) is 12.5. The quantitative estimate of drug-likeness (QED) is 0.844. The lowest BCUT2D eigenvalue weighted by atomic mass is 9.89. The fraction of sp³-hybridized carbons (Fsp3) is 0.533. The maximum absolute atomic E-state index is 12.5. The second-order valence-corrected chi connectivity index (χ2v) is 5.56. The first-order valence-electron chi connectivity index (χ1n) is 6.80. The molecule has 1 fully saturated rings. The van der Waals surface area contributed by atoms with Gasteiger partial charge in [-0.2, -0.15) is 0 Å². The van der Waals surface area contributed by atoms with Crippen molar-refractivity contribution in [2.75, 3.05) is 7.05 Å². The monoisotopic (exact) mass is 244 g/mol. The van der Waals surface area contributed by atoms with E-state index in [-0.39, 0.29) is 5.91 Å². The van der Waals surface area contributed by atoms with E-state index in [0.29, 0.717) is 6.04 Å². The highest BCUT2D eigenvalue weighted by molar-refractivity contribution is 5.88. The van der Waals surface area contributed by atoms with Crippen LogP contribution in [0.1, 0.15) is 30.4 Å².